The number of aromatic amines is 1. The first kappa shape index (κ1) is 20.0. The highest BCUT2D eigenvalue weighted by Crippen LogP contribution is 2.49. The van der Waals surface area contributed by atoms with E-state index < -0.39 is 0 Å². The van der Waals surface area contributed by atoms with E-state index in [0.29, 0.717) is 11.7 Å². The second kappa shape index (κ2) is 7.52. The van der Waals surface area contributed by atoms with Crippen LogP contribution in [0.5, 0.6) is 5.75 Å². The molecule has 2 N–H and O–H groups in total. The highest BCUT2D eigenvalue weighted by Gasteiger charge is 2.48. The maximum absolute atomic E-state index is 13.1. The molecule has 4 rings (SSSR count). The lowest BCUT2D eigenvalue weighted by molar-refractivity contribution is 0.0766. The van der Waals surface area contributed by atoms with E-state index in [0.717, 1.165) is 56.7 Å². The van der Waals surface area contributed by atoms with Crippen molar-refractivity contribution in [3.8, 4) is 5.75 Å². The van der Waals surface area contributed by atoms with Crippen LogP contribution in [-0.4, -0.2) is 59.0 Å². The van der Waals surface area contributed by atoms with Crippen LogP contribution in [0.15, 0.2) is 24.3 Å². The zero-order valence-electron chi connectivity index (χ0n) is 18.1. The molecule has 2 atom stereocenters. The van der Waals surface area contributed by atoms with Crippen LogP contribution in [0.2, 0.25) is 0 Å². The van der Waals surface area contributed by atoms with Crippen molar-refractivity contribution >= 4 is 5.91 Å². The summed E-state index contributed by atoms with van der Waals surface area (Å²) in [6, 6.07) is 7.82. The molecule has 2 aliphatic rings. The van der Waals surface area contributed by atoms with Crippen LogP contribution in [0.3, 0.4) is 0 Å². The van der Waals surface area contributed by atoms with Crippen LogP contribution < -0.4 is 0 Å². The number of nitrogens with one attached hydrogen (secondary N) is 1. The van der Waals surface area contributed by atoms with Gasteiger partial charge >= 0.3 is 0 Å². The van der Waals surface area contributed by atoms with Gasteiger partial charge in [0, 0.05) is 30.7 Å². The molecule has 1 fully saturated rings. The molecule has 1 aliphatic heterocycles. The largest absolute Gasteiger partial charge is 0.508 e. The number of carbonyl (C=O) groups excluding carboxylic acids is 1. The fourth-order valence-electron chi connectivity index (χ4n) is 5.60. The Balaban J connectivity index is 1.78. The van der Waals surface area contributed by atoms with Crippen molar-refractivity contribution in [3.05, 3.63) is 52.3 Å². The first-order chi connectivity index (χ1) is 13.9. The van der Waals surface area contributed by atoms with Crippen molar-refractivity contribution in [3.63, 3.8) is 0 Å². The Bertz CT molecular complexity index is 915. The number of hydrogen-bond acceptors (Lipinski definition) is 3. The number of nitrogens with zero attached hydrogens (tertiary/aromatic N) is 2. The molecule has 0 spiro atoms. The molecule has 1 saturated heterocycles. The SMILES string of the molecule is CCN(CC)C(=O)c1[nH]c2c(c1C)C[C@@H]1CN(C)CC[C@@]1(c1cccc(O)c1)C2. The summed E-state index contributed by atoms with van der Waals surface area (Å²) in [6.45, 7) is 9.69. The highest BCUT2D eigenvalue weighted by atomic mass is 16.3. The van der Waals surface area contributed by atoms with Gasteiger partial charge in [0.2, 0.25) is 0 Å². The van der Waals surface area contributed by atoms with Crippen LogP contribution in [0.1, 0.15) is 53.1 Å². The van der Waals surface area contributed by atoms with Crippen molar-refractivity contribution < 1.29 is 9.90 Å². The van der Waals surface area contributed by atoms with Gasteiger partial charge in [-0.05, 0) is 88.4 Å². The van der Waals surface area contributed by atoms with Crippen molar-refractivity contribution in [2.75, 3.05) is 33.2 Å². The summed E-state index contributed by atoms with van der Waals surface area (Å²) in [5.74, 6) is 0.912. The van der Waals surface area contributed by atoms with Crippen LogP contribution >= 0.6 is 0 Å². The maximum atomic E-state index is 13.1. The van der Waals surface area contributed by atoms with E-state index in [9.17, 15) is 9.90 Å². The monoisotopic (exact) mass is 395 g/mol. The van der Waals surface area contributed by atoms with Crippen molar-refractivity contribution in [1.82, 2.24) is 14.8 Å². The standard InChI is InChI=1S/C24H33N3O2/c1-5-27(6-2)23(29)22-16(3)20-13-18-15-26(4)11-10-24(18,14-21(20)25-22)17-8-7-9-19(28)12-17/h7-9,12,18,25,28H,5-6,10-11,13-15H2,1-4H3/t18-,24+/m1/s1. The van der Waals surface area contributed by atoms with Crippen molar-refractivity contribution in [1.29, 1.82) is 0 Å². The number of phenolic OH excluding ortho intramolecular Hbond substituents is 1. The molecule has 29 heavy (non-hydrogen) atoms. The smallest absolute Gasteiger partial charge is 0.270 e. The Labute approximate surface area is 173 Å². The number of aromatic nitrogens is 1. The Morgan fingerprint density at radius 1 is 1.34 bits per heavy atom. The number of likely N-dealkylation sites (tertiary alicyclic amines) is 1. The third-order valence-electron chi connectivity index (χ3n) is 7.35. The van der Waals surface area contributed by atoms with Gasteiger partial charge in [-0.25, -0.2) is 0 Å². The first-order valence-corrected chi connectivity index (χ1v) is 10.9. The lowest BCUT2D eigenvalue weighted by Crippen LogP contribution is -2.52. The second-order valence-corrected chi connectivity index (χ2v) is 8.86. The summed E-state index contributed by atoms with van der Waals surface area (Å²) in [4.78, 5) is 20.9. The molecule has 2 aromatic rings. The van der Waals surface area contributed by atoms with Crippen molar-refractivity contribution in [2.24, 2.45) is 5.92 Å². The zero-order valence-corrected chi connectivity index (χ0v) is 18.1. The van der Waals surface area contributed by atoms with Gasteiger partial charge in [-0.15, -0.1) is 0 Å². The minimum absolute atomic E-state index is 0.00502. The number of amides is 1. The fraction of sp³-hybridized carbons (Fsp3) is 0.542. The predicted octanol–water partition coefficient (Wildman–Crippen LogP) is 3.50. The molecule has 1 amide bonds. The highest BCUT2D eigenvalue weighted by molar-refractivity contribution is 5.94. The molecule has 1 aromatic heterocycles. The minimum Gasteiger partial charge on any atom is -0.508 e. The molecule has 1 aliphatic carbocycles. The van der Waals surface area contributed by atoms with Crippen LogP contribution in [0.4, 0.5) is 0 Å². The molecule has 0 unspecified atom stereocenters. The van der Waals surface area contributed by atoms with Gasteiger partial charge in [0.25, 0.3) is 5.91 Å². The van der Waals surface area contributed by atoms with E-state index in [1.807, 2.05) is 30.9 Å². The number of H-pyrrole nitrogens is 1. The van der Waals surface area contributed by atoms with Gasteiger partial charge in [-0.1, -0.05) is 12.1 Å². The van der Waals surface area contributed by atoms with Crippen LogP contribution in [0, 0.1) is 12.8 Å². The number of benzene rings is 1. The molecular formula is C24H33N3O2. The lowest BCUT2D eigenvalue weighted by atomic mass is 9.58. The number of aromatic hydroxyl groups is 1. The number of hydrogen-bond donors (Lipinski definition) is 2. The van der Waals surface area contributed by atoms with Crippen molar-refractivity contribution in [2.45, 2.75) is 45.4 Å². The summed E-state index contributed by atoms with van der Waals surface area (Å²) in [6.07, 6.45) is 2.94. The average Bonchev–Trinajstić information content (AvgIpc) is 3.02. The zero-order chi connectivity index (χ0) is 20.8. The number of carbonyl (C=O) groups is 1. The third-order valence-corrected chi connectivity index (χ3v) is 7.35. The fourth-order valence-corrected chi connectivity index (χ4v) is 5.60. The quantitative estimate of drug-likeness (QED) is 0.833. The molecule has 0 radical (unpaired) electrons. The summed E-state index contributed by atoms with van der Waals surface area (Å²) in [5.41, 5.74) is 5.65. The summed E-state index contributed by atoms with van der Waals surface area (Å²) >= 11 is 0. The summed E-state index contributed by atoms with van der Waals surface area (Å²) in [7, 11) is 2.20. The molecule has 0 bridgehead atoms. The topological polar surface area (TPSA) is 59.6 Å². The number of rotatable bonds is 4. The van der Waals surface area contributed by atoms with Crippen LogP contribution in [-0.2, 0) is 18.3 Å². The van der Waals surface area contributed by atoms with E-state index in [4.69, 9.17) is 0 Å². The Hall–Kier alpha value is -2.27. The first-order valence-electron chi connectivity index (χ1n) is 10.9. The van der Waals surface area contributed by atoms with E-state index >= 15 is 0 Å². The summed E-state index contributed by atoms with van der Waals surface area (Å²) < 4.78 is 0. The van der Waals surface area contributed by atoms with Gasteiger partial charge < -0.3 is 19.9 Å². The summed E-state index contributed by atoms with van der Waals surface area (Å²) in [5, 5.41) is 10.1. The van der Waals surface area contributed by atoms with Gasteiger partial charge in [0.1, 0.15) is 11.4 Å². The van der Waals surface area contributed by atoms with Gasteiger partial charge in [-0.3, -0.25) is 4.79 Å². The van der Waals surface area contributed by atoms with E-state index in [1.165, 1.54) is 16.8 Å². The van der Waals surface area contributed by atoms with E-state index in [1.54, 1.807) is 6.07 Å². The Morgan fingerprint density at radius 3 is 2.79 bits per heavy atom. The normalized spacial score (nSPS) is 24.1. The number of fused-ring (bicyclic) bond motifs is 2. The molecule has 0 saturated carbocycles. The second-order valence-electron chi connectivity index (χ2n) is 8.86. The molecule has 5 nitrogen and oxygen atoms in total. The molecule has 156 valence electrons. The average molecular weight is 396 g/mol. The van der Waals surface area contributed by atoms with E-state index in [-0.39, 0.29) is 11.3 Å². The Morgan fingerprint density at radius 2 is 2.10 bits per heavy atom. The van der Waals surface area contributed by atoms with Gasteiger partial charge in [-0.2, -0.15) is 0 Å². The van der Waals surface area contributed by atoms with Gasteiger partial charge in [0.05, 0.1) is 0 Å². The minimum atomic E-state index is 0.00502. The lowest BCUT2D eigenvalue weighted by Gasteiger charge is -2.50. The molecule has 2 heterocycles. The van der Waals surface area contributed by atoms with Crippen LogP contribution in [0.25, 0.3) is 0 Å². The number of phenols is 1. The molecular weight excluding hydrogens is 362 g/mol. The number of piperidine rings is 1. The molecule has 1 aromatic carbocycles. The van der Waals surface area contributed by atoms with E-state index in [2.05, 4.69) is 29.9 Å². The maximum Gasteiger partial charge on any atom is 0.270 e. The predicted molar refractivity (Wildman–Crippen MR) is 116 cm³/mol. The third kappa shape index (κ3) is 3.25. The Kier molecular flexibility index (Phi) is 5.19. The molecule has 5 heteroatoms. The van der Waals surface area contributed by atoms with Gasteiger partial charge in [0.15, 0.2) is 0 Å².